The Balaban J connectivity index is 2.03. The lowest BCUT2D eigenvalue weighted by molar-refractivity contribution is -0.126. The number of rotatable bonds is 6. The van der Waals surface area contributed by atoms with Gasteiger partial charge < -0.3 is 4.90 Å². The maximum atomic E-state index is 12.8. The average molecular weight is 355 g/mol. The second-order valence-electron chi connectivity index (χ2n) is 6.22. The standard InChI is InChI=1S/C24H21NO2/c1-19(26)25(18-20-11-5-2-6-12-20)23(21-13-7-3-8-14-21)17-24(27)22-15-9-4-10-16-22/h2-17H,18H2,1H3/b23-17+. The summed E-state index contributed by atoms with van der Waals surface area (Å²) in [6.07, 6.45) is 1.55. The summed E-state index contributed by atoms with van der Waals surface area (Å²) < 4.78 is 0. The van der Waals surface area contributed by atoms with Crippen molar-refractivity contribution in [2.24, 2.45) is 0 Å². The summed E-state index contributed by atoms with van der Waals surface area (Å²) in [6.45, 7) is 1.92. The van der Waals surface area contributed by atoms with E-state index in [-0.39, 0.29) is 11.7 Å². The van der Waals surface area contributed by atoms with Gasteiger partial charge in [-0.05, 0) is 11.1 Å². The zero-order valence-electron chi connectivity index (χ0n) is 15.2. The average Bonchev–Trinajstić information content (AvgIpc) is 2.72. The van der Waals surface area contributed by atoms with Crippen molar-refractivity contribution in [1.29, 1.82) is 0 Å². The maximum Gasteiger partial charge on any atom is 0.224 e. The van der Waals surface area contributed by atoms with Gasteiger partial charge in [-0.2, -0.15) is 0 Å². The van der Waals surface area contributed by atoms with Gasteiger partial charge in [0, 0.05) is 18.6 Å². The van der Waals surface area contributed by atoms with Crippen molar-refractivity contribution in [3.8, 4) is 0 Å². The molecule has 0 saturated carbocycles. The van der Waals surface area contributed by atoms with Crippen LogP contribution in [0.25, 0.3) is 5.70 Å². The highest BCUT2D eigenvalue weighted by molar-refractivity contribution is 6.09. The Hall–Kier alpha value is -3.46. The summed E-state index contributed by atoms with van der Waals surface area (Å²) in [7, 11) is 0. The molecule has 0 aliphatic carbocycles. The topological polar surface area (TPSA) is 37.4 Å². The fraction of sp³-hybridized carbons (Fsp3) is 0.0833. The lowest BCUT2D eigenvalue weighted by atomic mass is 10.0. The van der Waals surface area contributed by atoms with Crippen LogP contribution in [0.1, 0.15) is 28.4 Å². The van der Waals surface area contributed by atoms with Crippen LogP contribution in [0.4, 0.5) is 0 Å². The third-order valence-corrected chi connectivity index (χ3v) is 4.25. The Morgan fingerprint density at radius 3 is 1.74 bits per heavy atom. The Morgan fingerprint density at radius 2 is 1.22 bits per heavy atom. The zero-order chi connectivity index (χ0) is 19.1. The van der Waals surface area contributed by atoms with E-state index in [9.17, 15) is 9.59 Å². The summed E-state index contributed by atoms with van der Waals surface area (Å²) in [5.41, 5.74) is 3.02. The predicted octanol–water partition coefficient (Wildman–Crippen LogP) is 4.96. The van der Waals surface area contributed by atoms with Gasteiger partial charge in [0.05, 0.1) is 12.2 Å². The summed E-state index contributed by atoms with van der Waals surface area (Å²) >= 11 is 0. The number of carbonyl (C=O) groups excluding carboxylic acids is 2. The number of carbonyl (C=O) groups is 2. The molecule has 0 fully saturated rings. The van der Waals surface area contributed by atoms with Crippen LogP contribution in [0.3, 0.4) is 0 Å². The number of nitrogens with zero attached hydrogens (tertiary/aromatic N) is 1. The number of amides is 1. The van der Waals surface area contributed by atoms with E-state index >= 15 is 0 Å². The normalized spacial score (nSPS) is 11.1. The van der Waals surface area contributed by atoms with Crippen LogP contribution in [-0.4, -0.2) is 16.6 Å². The molecular weight excluding hydrogens is 334 g/mol. The monoisotopic (exact) mass is 355 g/mol. The fourth-order valence-corrected chi connectivity index (χ4v) is 2.87. The molecule has 3 nitrogen and oxygen atoms in total. The van der Waals surface area contributed by atoms with Gasteiger partial charge in [0.25, 0.3) is 0 Å². The fourth-order valence-electron chi connectivity index (χ4n) is 2.87. The molecule has 134 valence electrons. The van der Waals surface area contributed by atoms with Crippen LogP contribution in [0, 0.1) is 0 Å². The molecule has 3 heteroatoms. The number of hydrogen-bond donors (Lipinski definition) is 0. The highest BCUT2D eigenvalue weighted by atomic mass is 16.2. The molecule has 0 heterocycles. The molecule has 0 unspecified atom stereocenters. The number of hydrogen-bond acceptors (Lipinski definition) is 2. The lowest BCUT2D eigenvalue weighted by Gasteiger charge is -2.25. The van der Waals surface area contributed by atoms with Gasteiger partial charge in [-0.1, -0.05) is 91.0 Å². The van der Waals surface area contributed by atoms with E-state index < -0.39 is 0 Å². The van der Waals surface area contributed by atoms with Crippen molar-refractivity contribution in [3.05, 3.63) is 114 Å². The quantitative estimate of drug-likeness (QED) is 0.463. The molecule has 3 aromatic rings. The molecule has 1 amide bonds. The van der Waals surface area contributed by atoms with Gasteiger partial charge in [0.15, 0.2) is 5.78 Å². The van der Waals surface area contributed by atoms with Crippen molar-refractivity contribution < 1.29 is 9.59 Å². The van der Waals surface area contributed by atoms with E-state index in [0.717, 1.165) is 11.1 Å². The molecule has 0 aliphatic rings. The SMILES string of the molecule is CC(=O)N(Cc1ccccc1)/C(=C/C(=O)c1ccccc1)c1ccccc1. The molecule has 0 aromatic heterocycles. The molecule has 0 saturated heterocycles. The number of benzene rings is 3. The molecular formula is C24H21NO2. The molecule has 0 spiro atoms. The van der Waals surface area contributed by atoms with E-state index in [2.05, 4.69) is 0 Å². The summed E-state index contributed by atoms with van der Waals surface area (Å²) in [4.78, 5) is 26.9. The third-order valence-electron chi connectivity index (χ3n) is 4.25. The first kappa shape index (κ1) is 18.3. The molecule has 0 bridgehead atoms. The van der Waals surface area contributed by atoms with Crippen LogP contribution in [0.15, 0.2) is 97.1 Å². The zero-order valence-corrected chi connectivity index (χ0v) is 15.2. The molecule has 0 radical (unpaired) electrons. The van der Waals surface area contributed by atoms with Crippen LogP contribution in [0.5, 0.6) is 0 Å². The van der Waals surface area contributed by atoms with Crippen molar-refractivity contribution in [1.82, 2.24) is 4.90 Å². The molecule has 3 aromatic carbocycles. The van der Waals surface area contributed by atoms with Crippen molar-refractivity contribution in [3.63, 3.8) is 0 Å². The van der Waals surface area contributed by atoms with Gasteiger partial charge in [-0.3, -0.25) is 9.59 Å². The van der Waals surface area contributed by atoms with E-state index in [0.29, 0.717) is 17.8 Å². The largest absolute Gasteiger partial charge is 0.308 e. The van der Waals surface area contributed by atoms with Gasteiger partial charge in [0.1, 0.15) is 0 Å². The lowest BCUT2D eigenvalue weighted by Crippen LogP contribution is -2.27. The highest BCUT2D eigenvalue weighted by Crippen LogP contribution is 2.23. The van der Waals surface area contributed by atoms with Gasteiger partial charge in [-0.15, -0.1) is 0 Å². The molecule has 27 heavy (non-hydrogen) atoms. The summed E-state index contributed by atoms with van der Waals surface area (Å²) in [5, 5.41) is 0. The predicted molar refractivity (Wildman–Crippen MR) is 108 cm³/mol. The summed E-state index contributed by atoms with van der Waals surface area (Å²) in [6, 6.07) is 28.4. The smallest absolute Gasteiger partial charge is 0.224 e. The minimum atomic E-state index is -0.131. The van der Waals surface area contributed by atoms with Gasteiger partial charge in [-0.25, -0.2) is 0 Å². The molecule has 0 aliphatic heterocycles. The third kappa shape index (κ3) is 4.79. The Kier molecular flexibility index (Phi) is 5.95. The number of ketones is 1. The number of allylic oxidation sites excluding steroid dienone is 1. The first-order chi connectivity index (χ1) is 13.1. The van der Waals surface area contributed by atoms with Crippen LogP contribution in [-0.2, 0) is 11.3 Å². The van der Waals surface area contributed by atoms with Crippen molar-refractivity contribution in [2.75, 3.05) is 0 Å². The molecule has 0 atom stereocenters. The first-order valence-electron chi connectivity index (χ1n) is 8.83. The Labute approximate surface area is 159 Å². The Morgan fingerprint density at radius 1 is 0.741 bits per heavy atom. The Bertz CT molecular complexity index is 932. The van der Waals surface area contributed by atoms with Gasteiger partial charge in [0.2, 0.25) is 5.91 Å². The van der Waals surface area contributed by atoms with Crippen LogP contribution >= 0.6 is 0 Å². The summed E-state index contributed by atoms with van der Waals surface area (Å²) in [5.74, 6) is -0.247. The molecule has 0 N–H and O–H groups in total. The second kappa shape index (κ2) is 8.77. The van der Waals surface area contributed by atoms with Crippen molar-refractivity contribution >= 4 is 17.4 Å². The minimum Gasteiger partial charge on any atom is -0.308 e. The van der Waals surface area contributed by atoms with E-state index in [1.807, 2.05) is 78.9 Å². The second-order valence-corrected chi connectivity index (χ2v) is 6.22. The van der Waals surface area contributed by atoms with Crippen LogP contribution < -0.4 is 0 Å². The van der Waals surface area contributed by atoms with Crippen molar-refractivity contribution in [2.45, 2.75) is 13.5 Å². The minimum absolute atomic E-state index is 0.116. The maximum absolute atomic E-state index is 12.8. The first-order valence-corrected chi connectivity index (χ1v) is 8.83. The van der Waals surface area contributed by atoms with E-state index in [1.54, 1.807) is 23.1 Å². The van der Waals surface area contributed by atoms with E-state index in [1.165, 1.54) is 6.92 Å². The molecule has 3 rings (SSSR count). The van der Waals surface area contributed by atoms with E-state index in [4.69, 9.17) is 0 Å². The highest BCUT2D eigenvalue weighted by Gasteiger charge is 2.18. The van der Waals surface area contributed by atoms with Crippen LogP contribution in [0.2, 0.25) is 0 Å². The van der Waals surface area contributed by atoms with Gasteiger partial charge >= 0.3 is 0 Å².